The molecule has 0 unspecified atom stereocenters. The Labute approximate surface area is 199 Å². The van der Waals surface area contributed by atoms with Crippen LogP contribution in [0.2, 0.25) is 0 Å². The summed E-state index contributed by atoms with van der Waals surface area (Å²) in [6, 6.07) is 4.83. The minimum Gasteiger partial charge on any atom is -0.310 e. The van der Waals surface area contributed by atoms with Crippen LogP contribution in [0.3, 0.4) is 0 Å². The maximum atomic E-state index is 13.2. The van der Waals surface area contributed by atoms with Crippen LogP contribution in [0.25, 0.3) is 0 Å². The van der Waals surface area contributed by atoms with Crippen LogP contribution in [-0.2, 0) is 27.8 Å². The molecule has 34 heavy (non-hydrogen) atoms. The zero-order valence-electron chi connectivity index (χ0n) is 19.0. The van der Waals surface area contributed by atoms with Gasteiger partial charge in [0.15, 0.2) is 0 Å². The van der Waals surface area contributed by atoms with E-state index in [1.807, 2.05) is 0 Å². The monoisotopic (exact) mass is 484 g/mol. The largest absolute Gasteiger partial charge is 0.310 e. The Balaban J connectivity index is 1.17. The van der Waals surface area contributed by atoms with E-state index in [4.69, 9.17) is 0 Å². The van der Waals surface area contributed by atoms with Gasteiger partial charge in [0.2, 0.25) is 15.9 Å². The summed E-state index contributed by atoms with van der Waals surface area (Å²) in [4.78, 5) is 21.8. The molecule has 0 saturated heterocycles. The van der Waals surface area contributed by atoms with Gasteiger partial charge in [0.1, 0.15) is 18.0 Å². The first-order valence-electron chi connectivity index (χ1n) is 12.2. The molecule has 1 aromatic heterocycles. The fourth-order valence-corrected chi connectivity index (χ4v) is 8.82. The molecular weight excluding hydrogens is 455 g/mol. The molecule has 1 aliphatic heterocycles. The van der Waals surface area contributed by atoms with Crippen molar-refractivity contribution in [2.75, 3.05) is 11.9 Å². The molecule has 1 aromatic carbocycles. The Bertz CT molecular complexity index is 1200. The highest BCUT2D eigenvalue weighted by molar-refractivity contribution is 7.89. The first kappa shape index (κ1) is 22.1. The van der Waals surface area contributed by atoms with Crippen LogP contribution in [0.5, 0.6) is 0 Å². The van der Waals surface area contributed by atoms with Crippen LogP contribution in [0, 0.1) is 29.0 Å². The molecule has 2 aromatic rings. The number of carbonyl (C=O) groups excluding carboxylic acids is 1. The number of anilines is 1. The molecule has 1 N–H and O–H groups in total. The molecule has 4 bridgehead atoms. The Hall–Kier alpha value is -2.39. The van der Waals surface area contributed by atoms with Crippen LogP contribution in [0.15, 0.2) is 35.5 Å². The van der Waals surface area contributed by atoms with E-state index < -0.39 is 15.8 Å². The minimum atomic E-state index is -3.77. The average Bonchev–Trinajstić information content (AvgIpc) is 2.78. The van der Waals surface area contributed by atoms with Crippen molar-refractivity contribution in [2.45, 2.75) is 62.8 Å². The highest BCUT2D eigenvalue weighted by Crippen LogP contribution is 2.61. The molecule has 2 heterocycles. The number of amides is 1. The van der Waals surface area contributed by atoms with E-state index in [-0.39, 0.29) is 29.3 Å². The smallest absolute Gasteiger partial charge is 0.243 e. The topological polar surface area (TPSA) is 92.3 Å². The Kier molecular flexibility index (Phi) is 5.26. The molecule has 1 amide bonds. The second-order valence-electron chi connectivity index (χ2n) is 10.8. The molecule has 7 nitrogen and oxygen atoms in total. The van der Waals surface area contributed by atoms with E-state index >= 15 is 0 Å². The van der Waals surface area contributed by atoms with Crippen molar-refractivity contribution in [3.8, 4) is 0 Å². The van der Waals surface area contributed by atoms with Gasteiger partial charge in [-0.1, -0.05) is 0 Å². The summed E-state index contributed by atoms with van der Waals surface area (Å²) in [6.07, 6.45) is 9.88. The summed E-state index contributed by atoms with van der Waals surface area (Å²) in [5.74, 6) is 2.40. The van der Waals surface area contributed by atoms with E-state index in [1.165, 1.54) is 61.3 Å². The van der Waals surface area contributed by atoms with E-state index in [2.05, 4.69) is 15.3 Å². The number of nitrogens with zero attached hydrogens (tertiary/aromatic N) is 3. The minimum absolute atomic E-state index is 0.00390. The second kappa shape index (κ2) is 8.09. The summed E-state index contributed by atoms with van der Waals surface area (Å²) >= 11 is 0. The third-order valence-corrected chi connectivity index (χ3v) is 10.2. The SMILES string of the molecule is O=C(CC12CC3CC(CC(C3)C1)C2)Nc1ncnc2c1CCN(S(=O)(=O)c1ccc(F)cc1)C2. The number of halogens is 1. The van der Waals surface area contributed by atoms with Crippen LogP contribution in [-0.4, -0.2) is 35.1 Å². The van der Waals surface area contributed by atoms with Gasteiger partial charge >= 0.3 is 0 Å². The van der Waals surface area contributed by atoms with Gasteiger partial charge in [-0.05, 0) is 92.4 Å². The lowest BCUT2D eigenvalue weighted by atomic mass is 9.49. The zero-order valence-corrected chi connectivity index (χ0v) is 19.9. The molecule has 7 rings (SSSR count). The highest BCUT2D eigenvalue weighted by Gasteiger charge is 2.51. The summed E-state index contributed by atoms with van der Waals surface area (Å²) in [7, 11) is -3.77. The lowest BCUT2D eigenvalue weighted by Crippen LogP contribution is -2.47. The van der Waals surface area contributed by atoms with Gasteiger partial charge < -0.3 is 5.32 Å². The van der Waals surface area contributed by atoms with Gasteiger partial charge in [-0.15, -0.1) is 0 Å². The number of nitrogens with one attached hydrogen (secondary N) is 1. The Morgan fingerprint density at radius 3 is 2.35 bits per heavy atom. The molecule has 4 aliphatic carbocycles. The standard InChI is InChI=1S/C25H29FN4O3S/c26-19-1-3-20(4-2-19)34(32,33)30-6-5-21-22(14-30)27-15-28-24(21)29-23(31)13-25-10-16-7-17(11-25)9-18(8-16)12-25/h1-4,15-18H,5-14H2,(H,27,28,29,31). The molecule has 0 radical (unpaired) electrons. The van der Waals surface area contributed by atoms with E-state index in [9.17, 15) is 17.6 Å². The third-order valence-electron chi connectivity index (χ3n) is 8.38. The van der Waals surface area contributed by atoms with Gasteiger partial charge in [-0.25, -0.2) is 22.8 Å². The van der Waals surface area contributed by atoms with Crippen LogP contribution in [0.1, 0.15) is 56.2 Å². The number of aromatic nitrogens is 2. The van der Waals surface area contributed by atoms with Crippen molar-refractivity contribution in [3.05, 3.63) is 47.7 Å². The van der Waals surface area contributed by atoms with E-state index in [0.29, 0.717) is 24.4 Å². The zero-order chi connectivity index (χ0) is 23.5. The van der Waals surface area contributed by atoms with E-state index in [0.717, 1.165) is 35.4 Å². The van der Waals surface area contributed by atoms with Crippen molar-refractivity contribution in [1.29, 1.82) is 0 Å². The van der Waals surface area contributed by atoms with Crippen molar-refractivity contribution in [3.63, 3.8) is 0 Å². The lowest BCUT2D eigenvalue weighted by Gasteiger charge is -2.56. The molecule has 9 heteroatoms. The van der Waals surface area contributed by atoms with Gasteiger partial charge in [0.05, 0.1) is 17.1 Å². The van der Waals surface area contributed by atoms with Gasteiger partial charge in [-0.3, -0.25) is 4.79 Å². The number of benzene rings is 1. The molecule has 5 aliphatic rings. The van der Waals surface area contributed by atoms with Crippen molar-refractivity contribution < 1.29 is 17.6 Å². The van der Waals surface area contributed by atoms with Crippen molar-refractivity contribution >= 4 is 21.7 Å². The molecule has 0 spiro atoms. The van der Waals surface area contributed by atoms with Crippen LogP contribution < -0.4 is 5.32 Å². The molecule has 4 fully saturated rings. The van der Waals surface area contributed by atoms with Gasteiger partial charge in [0, 0.05) is 18.5 Å². The quantitative estimate of drug-likeness (QED) is 0.695. The number of carbonyl (C=O) groups is 1. The number of rotatable bonds is 5. The highest BCUT2D eigenvalue weighted by atomic mass is 32.2. The summed E-state index contributed by atoms with van der Waals surface area (Å²) in [5, 5.41) is 3.04. The maximum absolute atomic E-state index is 13.2. The summed E-state index contributed by atoms with van der Waals surface area (Å²) < 4.78 is 40.6. The lowest BCUT2D eigenvalue weighted by molar-refractivity contribution is -0.124. The van der Waals surface area contributed by atoms with Crippen LogP contribution in [0.4, 0.5) is 10.2 Å². The summed E-state index contributed by atoms with van der Waals surface area (Å²) in [5.41, 5.74) is 1.54. The number of sulfonamides is 1. The maximum Gasteiger partial charge on any atom is 0.243 e. The first-order valence-corrected chi connectivity index (χ1v) is 13.6. The number of hydrogen-bond acceptors (Lipinski definition) is 5. The fraction of sp³-hybridized carbons (Fsp3) is 0.560. The van der Waals surface area contributed by atoms with Crippen molar-refractivity contribution in [2.24, 2.45) is 23.2 Å². The second-order valence-corrected chi connectivity index (χ2v) is 12.8. The predicted octanol–water partition coefficient (Wildman–Crippen LogP) is 3.91. The average molecular weight is 485 g/mol. The first-order chi connectivity index (χ1) is 16.3. The van der Waals surface area contributed by atoms with Crippen molar-refractivity contribution in [1.82, 2.24) is 14.3 Å². The summed E-state index contributed by atoms with van der Waals surface area (Å²) in [6.45, 7) is 0.341. The molecule has 0 atom stereocenters. The third kappa shape index (κ3) is 3.92. The van der Waals surface area contributed by atoms with Gasteiger partial charge in [-0.2, -0.15) is 4.31 Å². The van der Waals surface area contributed by atoms with E-state index in [1.54, 1.807) is 0 Å². The van der Waals surface area contributed by atoms with Gasteiger partial charge in [0.25, 0.3) is 0 Å². The Morgan fingerprint density at radius 1 is 1.06 bits per heavy atom. The Morgan fingerprint density at radius 2 is 1.71 bits per heavy atom. The predicted molar refractivity (Wildman–Crippen MR) is 124 cm³/mol. The van der Waals surface area contributed by atoms with Crippen LogP contribution >= 0.6 is 0 Å². The molecule has 4 saturated carbocycles. The number of hydrogen-bond donors (Lipinski definition) is 1. The molecule has 180 valence electrons. The fourth-order valence-electron chi connectivity index (χ4n) is 7.42. The normalized spacial score (nSPS) is 30.2. The molecular formula is C25H29FN4O3S. The number of fused-ring (bicyclic) bond motifs is 1.